The van der Waals surface area contributed by atoms with Crippen molar-refractivity contribution in [2.75, 3.05) is 10.6 Å². The van der Waals surface area contributed by atoms with Gasteiger partial charge in [0.1, 0.15) is 23.8 Å². The predicted molar refractivity (Wildman–Crippen MR) is 101 cm³/mol. The lowest BCUT2D eigenvalue weighted by molar-refractivity contribution is 1.07. The van der Waals surface area contributed by atoms with Gasteiger partial charge in [-0.25, -0.2) is 4.98 Å². The second-order valence-electron chi connectivity index (χ2n) is 5.68. The maximum Gasteiger partial charge on any atom is 0.146 e. The molecular weight excluding hydrogens is 322 g/mol. The van der Waals surface area contributed by atoms with Crippen LogP contribution in [0.25, 0.3) is 0 Å². The Labute approximate surface area is 152 Å². The van der Waals surface area contributed by atoms with Crippen molar-refractivity contribution in [3.8, 4) is 12.1 Å². The van der Waals surface area contributed by atoms with Gasteiger partial charge in [-0.3, -0.25) is 0 Å². The van der Waals surface area contributed by atoms with Crippen LogP contribution < -0.4 is 10.6 Å². The van der Waals surface area contributed by atoms with Crippen LogP contribution in [0.5, 0.6) is 0 Å². The van der Waals surface area contributed by atoms with Crippen molar-refractivity contribution < 1.29 is 0 Å². The topological polar surface area (TPSA) is 84.5 Å². The number of rotatable bonds is 6. The molecule has 0 radical (unpaired) electrons. The molecule has 1 heterocycles. The van der Waals surface area contributed by atoms with Crippen LogP contribution in [-0.4, -0.2) is 4.98 Å². The van der Waals surface area contributed by atoms with Crippen molar-refractivity contribution in [3.05, 3.63) is 89.0 Å². The van der Waals surface area contributed by atoms with E-state index in [0.29, 0.717) is 35.9 Å². The lowest BCUT2D eigenvalue weighted by atomic mass is 10.1. The van der Waals surface area contributed by atoms with E-state index in [1.807, 2.05) is 60.7 Å². The number of nitrogens with one attached hydrogen (secondary N) is 2. The van der Waals surface area contributed by atoms with Gasteiger partial charge in [0.2, 0.25) is 0 Å². The van der Waals surface area contributed by atoms with Gasteiger partial charge in [-0.1, -0.05) is 60.7 Å². The van der Waals surface area contributed by atoms with Crippen LogP contribution in [0.3, 0.4) is 0 Å². The van der Waals surface area contributed by atoms with E-state index in [-0.39, 0.29) is 0 Å². The molecule has 0 saturated carbocycles. The number of nitriles is 2. The molecule has 0 atom stereocenters. The van der Waals surface area contributed by atoms with E-state index in [9.17, 15) is 10.5 Å². The van der Waals surface area contributed by atoms with E-state index < -0.39 is 0 Å². The molecule has 0 bridgehead atoms. The van der Waals surface area contributed by atoms with E-state index in [1.165, 1.54) is 0 Å². The van der Waals surface area contributed by atoms with Gasteiger partial charge in [0, 0.05) is 13.1 Å². The van der Waals surface area contributed by atoms with E-state index in [1.54, 1.807) is 6.07 Å². The average molecular weight is 339 g/mol. The summed E-state index contributed by atoms with van der Waals surface area (Å²) < 4.78 is 0. The molecule has 5 nitrogen and oxygen atoms in total. The molecule has 0 fully saturated rings. The molecule has 3 aromatic rings. The zero-order valence-corrected chi connectivity index (χ0v) is 14.1. The van der Waals surface area contributed by atoms with Gasteiger partial charge in [0.15, 0.2) is 0 Å². The van der Waals surface area contributed by atoms with Crippen molar-refractivity contribution in [2.45, 2.75) is 13.1 Å². The Morgan fingerprint density at radius 2 is 1.12 bits per heavy atom. The van der Waals surface area contributed by atoms with Crippen LogP contribution in [-0.2, 0) is 13.1 Å². The van der Waals surface area contributed by atoms with Gasteiger partial charge in [0.05, 0.1) is 11.1 Å². The van der Waals surface area contributed by atoms with Crippen molar-refractivity contribution in [1.82, 2.24) is 4.98 Å². The van der Waals surface area contributed by atoms with Gasteiger partial charge in [-0.05, 0) is 17.2 Å². The summed E-state index contributed by atoms with van der Waals surface area (Å²) in [6.45, 7) is 1.10. The van der Waals surface area contributed by atoms with Gasteiger partial charge < -0.3 is 10.6 Å². The Hall–Kier alpha value is -3.83. The zero-order valence-electron chi connectivity index (χ0n) is 14.1. The molecule has 0 amide bonds. The number of benzene rings is 2. The standard InChI is InChI=1S/C21H17N5/c22-12-18-11-19(13-23)21(25-15-17-9-5-2-6-10-17)26-20(18)24-14-16-7-3-1-4-8-16/h1-11H,14-15H2,(H2,24,25,26). The maximum atomic E-state index is 9.37. The van der Waals surface area contributed by atoms with E-state index in [2.05, 4.69) is 27.8 Å². The molecule has 0 saturated heterocycles. The van der Waals surface area contributed by atoms with E-state index in [4.69, 9.17) is 0 Å². The first kappa shape index (κ1) is 17.0. The van der Waals surface area contributed by atoms with Gasteiger partial charge in [0.25, 0.3) is 0 Å². The molecule has 0 aliphatic rings. The van der Waals surface area contributed by atoms with Crippen LogP contribution in [0.1, 0.15) is 22.3 Å². The number of pyridine rings is 1. The third-order valence-electron chi connectivity index (χ3n) is 3.87. The Balaban J connectivity index is 1.82. The zero-order chi connectivity index (χ0) is 18.2. The molecule has 126 valence electrons. The highest BCUT2D eigenvalue weighted by Gasteiger charge is 2.11. The minimum Gasteiger partial charge on any atom is -0.365 e. The van der Waals surface area contributed by atoms with Crippen LogP contribution in [0.15, 0.2) is 66.7 Å². The van der Waals surface area contributed by atoms with Crippen LogP contribution in [0.2, 0.25) is 0 Å². The fourth-order valence-corrected chi connectivity index (χ4v) is 2.52. The Kier molecular flexibility index (Phi) is 5.44. The van der Waals surface area contributed by atoms with Crippen LogP contribution in [0, 0.1) is 22.7 Å². The number of anilines is 2. The van der Waals surface area contributed by atoms with Crippen molar-refractivity contribution in [2.24, 2.45) is 0 Å². The molecule has 3 rings (SSSR count). The summed E-state index contributed by atoms with van der Waals surface area (Å²) in [5.41, 5.74) is 2.87. The highest BCUT2D eigenvalue weighted by molar-refractivity contribution is 5.64. The first-order valence-corrected chi connectivity index (χ1v) is 8.21. The molecule has 0 unspecified atom stereocenters. The van der Waals surface area contributed by atoms with Crippen molar-refractivity contribution in [3.63, 3.8) is 0 Å². The van der Waals surface area contributed by atoms with Crippen LogP contribution in [0.4, 0.5) is 11.6 Å². The lowest BCUT2D eigenvalue weighted by Gasteiger charge is -2.12. The summed E-state index contributed by atoms with van der Waals surface area (Å²) in [6, 6.07) is 25.5. The summed E-state index contributed by atoms with van der Waals surface area (Å²) in [4.78, 5) is 4.48. The van der Waals surface area contributed by atoms with Gasteiger partial charge in [-0.2, -0.15) is 10.5 Å². The maximum absolute atomic E-state index is 9.37. The smallest absolute Gasteiger partial charge is 0.146 e. The summed E-state index contributed by atoms with van der Waals surface area (Å²) in [5.74, 6) is 0.928. The first-order valence-electron chi connectivity index (χ1n) is 8.21. The lowest BCUT2D eigenvalue weighted by Crippen LogP contribution is -2.09. The molecule has 2 aromatic carbocycles. The molecule has 0 aliphatic carbocycles. The number of aromatic nitrogens is 1. The van der Waals surface area contributed by atoms with Crippen molar-refractivity contribution >= 4 is 11.6 Å². The van der Waals surface area contributed by atoms with Crippen molar-refractivity contribution in [1.29, 1.82) is 10.5 Å². The molecule has 5 heteroatoms. The highest BCUT2D eigenvalue weighted by Crippen LogP contribution is 2.22. The third kappa shape index (κ3) is 4.17. The molecular formula is C21H17N5. The fourth-order valence-electron chi connectivity index (χ4n) is 2.52. The molecule has 0 aliphatic heterocycles. The molecule has 2 N–H and O–H groups in total. The second kappa shape index (κ2) is 8.32. The molecule has 26 heavy (non-hydrogen) atoms. The highest BCUT2D eigenvalue weighted by atomic mass is 15.1. The van der Waals surface area contributed by atoms with E-state index in [0.717, 1.165) is 11.1 Å². The minimum atomic E-state index is 0.350. The normalized spacial score (nSPS) is 9.77. The Morgan fingerprint density at radius 3 is 1.50 bits per heavy atom. The molecule has 0 spiro atoms. The summed E-state index contributed by atoms with van der Waals surface area (Å²) >= 11 is 0. The van der Waals surface area contributed by atoms with Crippen LogP contribution >= 0.6 is 0 Å². The SMILES string of the molecule is N#Cc1cc(C#N)c(NCc2ccccc2)nc1NCc1ccccc1. The quantitative estimate of drug-likeness (QED) is 0.708. The van der Waals surface area contributed by atoms with Gasteiger partial charge in [-0.15, -0.1) is 0 Å². The summed E-state index contributed by atoms with van der Waals surface area (Å²) in [5, 5.41) is 25.1. The Bertz CT molecular complexity index is 877. The minimum absolute atomic E-state index is 0.350. The van der Waals surface area contributed by atoms with Gasteiger partial charge >= 0.3 is 0 Å². The second-order valence-corrected chi connectivity index (χ2v) is 5.68. The summed E-state index contributed by atoms with van der Waals surface area (Å²) in [7, 11) is 0. The number of hydrogen-bond donors (Lipinski definition) is 2. The molecule has 1 aromatic heterocycles. The fraction of sp³-hybridized carbons (Fsp3) is 0.0952. The van der Waals surface area contributed by atoms with E-state index >= 15 is 0 Å². The monoisotopic (exact) mass is 339 g/mol. The largest absolute Gasteiger partial charge is 0.365 e. The predicted octanol–water partition coefficient (Wildman–Crippen LogP) is 4.05. The number of nitrogens with zero attached hydrogens (tertiary/aromatic N) is 3. The average Bonchev–Trinajstić information content (AvgIpc) is 2.72. The Morgan fingerprint density at radius 1 is 0.692 bits per heavy atom. The number of hydrogen-bond acceptors (Lipinski definition) is 5. The summed E-state index contributed by atoms with van der Waals surface area (Å²) in [6.07, 6.45) is 0. The third-order valence-corrected chi connectivity index (χ3v) is 3.87. The first-order chi connectivity index (χ1) is 12.8.